The minimum atomic E-state index is -0.964. The zero-order chi connectivity index (χ0) is 6.62. The summed E-state index contributed by atoms with van der Waals surface area (Å²) in [6, 6.07) is 0. The molecule has 3 nitrogen and oxygen atoms in total. The maximum Gasteiger partial charge on any atom is 0.0972 e. The van der Waals surface area contributed by atoms with Gasteiger partial charge < -0.3 is 15.5 Å². The molecule has 0 aliphatic carbocycles. The highest BCUT2D eigenvalue weighted by molar-refractivity contribution is 4.71. The van der Waals surface area contributed by atoms with Crippen molar-refractivity contribution in [2.75, 3.05) is 20.2 Å². The molecule has 0 aliphatic rings. The molecule has 0 spiro atoms. The molecule has 1 atom stereocenters. The van der Waals surface area contributed by atoms with Crippen LogP contribution in [0.5, 0.6) is 0 Å². The predicted molar refractivity (Wildman–Crippen MR) is 31.6 cm³/mol. The van der Waals surface area contributed by atoms with Crippen molar-refractivity contribution in [2.45, 2.75) is 12.5 Å². The van der Waals surface area contributed by atoms with Crippen LogP contribution in [-0.2, 0) is 0 Å². The van der Waals surface area contributed by atoms with Crippen LogP contribution in [0.2, 0.25) is 0 Å². The standard InChI is InChI=1S/C5H13NO2/c1-5(8,4-7)3-6-2/h6-8H,3-4H2,1-2H3. The molecule has 0 aromatic carbocycles. The molecule has 0 rings (SSSR count). The smallest absolute Gasteiger partial charge is 0.0972 e. The molecule has 0 aromatic heterocycles. The average molecular weight is 119 g/mol. The molecule has 0 radical (unpaired) electrons. The summed E-state index contributed by atoms with van der Waals surface area (Å²) in [4.78, 5) is 0. The Balaban J connectivity index is 3.37. The van der Waals surface area contributed by atoms with Crippen LogP contribution in [0.25, 0.3) is 0 Å². The zero-order valence-electron chi connectivity index (χ0n) is 5.31. The third kappa shape index (κ3) is 2.96. The van der Waals surface area contributed by atoms with E-state index in [-0.39, 0.29) is 6.61 Å². The second-order valence-electron chi connectivity index (χ2n) is 2.19. The number of likely N-dealkylation sites (N-methyl/N-ethyl adjacent to an activating group) is 1. The fraction of sp³-hybridized carbons (Fsp3) is 1.00. The first-order valence-corrected chi connectivity index (χ1v) is 2.60. The third-order valence-electron chi connectivity index (χ3n) is 0.898. The van der Waals surface area contributed by atoms with Crippen molar-refractivity contribution in [2.24, 2.45) is 0 Å². The van der Waals surface area contributed by atoms with E-state index in [4.69, 9.17) is 10.2 Å². The van der Waals surface area contributed by atoms with Crippen LogP contribution in [0.15, 0.2) is 0 Å². The molecule has 0 saturated carbocycles. The number of rotatable bonds is 3. The van der Waals surface area contributed by atoms with Crippen molar-refractivity contribution < 1.29 is 10.2 Å². The second-order valence-corrected chi connectivity index (χ2v) is 2.19. The number of aliphatic hydroxyl groups excluding tert-OH is 1. The Hall–Kier alpha value is -0.120. The molecule has 0 aliphatic heterocycles. The van der Waals surface area contributed by atoms with E-state index in [9.17, 15) is 0 Å². The van der Waals surface area contributed by atoms with E-state index in [1.54, 1.807) is 14.0 Å². The molecule has 0 saturated heterocycles. The SMILES string of the molecule is CNCC(C)(O)CO. The molecule has 0 fully saturated rings. The van der Waals surface area contributed by atoms with Gasteiger partial charge in [-0.2, -0.15) is 0 Å². The quantitative estimate of drug-likeness (QED) is 0.444. The van der Waals surface area contributed by atoms with Gasteiger partial charge in [0.05, 0.1) is 12.2 Å². The molecule has 0 bridgehead atoms. The minimum Gasteiger partial charge on any atom is -0.393 e. The Morgan fingerprint density at radius 2 is 2.12 bits per heavy atom. The first kappa shape index (κ1) is 7.88. The summed E-state index contributed by atoms with van der Waals surface area (Å²) < 4.78 is 0. The van der Waals surface area contributed by atoms with Crippen molar-refractivity contribution in [3.8, 4) is 0 Å². The maximum atomic E-state index is 9.01. The first-order valence-electron chi connectivity index (χ1n) is 2.60. The van der Waals surface area contributed by atoms with Gasteiger partial charge >= 0.3 is 0 Å². The van der Waals surface area contributed by atoms with Crippen LogP contribution in [0.1, 0.15) is 6.92 Å². The van der Waals surface area contributed by atoms with Crippen LogP contribution < -0.4 is 5.32 Å². The molecule has 1 unspecified atom stereocenters. The van der Waals surface area contributed by atoms with E-state index in [1.807, 2.05) is 0 Å². The maximum absolute atomic E-state index is 9.01. The Morgan fingerprint density at radius 1 is 1.62 bits per heavy atom. The summed E-state index contributed by atoms with van der Waals surface area (Å²) in [5.41, 5.74) is -0.964. The second kappa shape index (κ2) is 3.02. The highest BCUT2D eigenvalue weighted by atomic mass is 16.3. The fourth-order valence-corrected chi connectivity index (χ4v) is 0.437. The largest absolute Gasteiger partial charge is 0.393 e. The van der Waals surface area contributed by atoms with E-state index in [1.165, 1.54) is 0 Å². The summed E-state index contributed by atoms with van der Waals surface area (Å²) in [6.45, 7) is 1.79. The molecule has 8 heavy (non-hydrogen) atoms. The van der Waals surface area contributed by atoms with E-state index in [0.29, 0.717) is 6.54 Å². The van der Waals surface area contributed by atoms with Gasteiger partial charge in [0, 0.05) is 6.54 Å². The fourth-order valence-electron chi connectivity index (χ4n) is 0.437. The molecule has 3 N–H and O–H groups in total. The Labute approximate surface area is 49.3 Å². The first-order chi connectivity index (χ1) is 3.62. The Kier molecular flexibility index (Phi) is 2.97. The van der Waals surface area contributed by atoms with E-state index in [2.05, 4.69) is 5.32 Å². The molecule has 0 heterocycles. The average Bonchev–Trinajstić information content (AvgIpc) is 1.67. The number of nitrogens with one attached hydrogen (secondary N) is 1. The van der Waals surface area contributed by atoms with Gasteiger partial charge in [-0.25, -0.2) is 0 Å². The van der Waals surface area contributed by atoms with Gasteiger partial charge in [0.2, 0.25) is 0 Å². The summed E-state index contributed by atoms with van der Waals surface area (Å²) in [5, 5.41) is 20.2. The van der Waals surface area contributed by atoms with Crippen LogP contribution in [0.4, 0.5) is 0 Å². The highest BCUT2D eigenvalue weighted by Crippen LogP contribution is 1.96. The lowest BCUT2D eigenvalue weighted by molar-refractivity contribution is 0.00422. The number of hydrogen-bond donors (Lipinski definition) is 3. The summed E-state index contributed by atoms with van der Waals surface area (Å²) in [6.07, 6.45) is 0. The topological polar surface area (TPSA) is 52.5 Å². The van der Waals surface area contributed by atoms with Crippen molar-refractivity contribution in [1.82, 2.24) is 5.32 Å². The van der Waals surface area contributed by atoms with Crippen molar-refractivity contribution >= 4 is 0 Å². The van der Waals surface area contributed by atoms with Gasteiger partial charge in [0.1, 0.15) is 0 Å². The van der Waals surface area contributed by atoms with Gasteiger partial charge in [-0.1, -0.05) is 0 Å². The van der Waals surface area contributed by atoms with E-state index in [0.717, 1.165) is 0 Å². The van der Waals surface area contributed by atoms with Crippen molar-refractivity contribution in [3.05, 3.63) is 0 Å². The summed E-state index contributed by atoms with van der Waals surface area (Å²) in [7, 11) is 1.73. The third-order valence-corrected chi connectivity index (χ3v) is 0.898. The van der Waals surface area contributed by atoms with Gasteiger partial charge in [-0.15, -0.1) is 0 Å². The van der Waals surface area contributed by atoms with Gasteiger partial charge in [-0.3, -0.25) is 0 Å². The molecule has 50 valence electrons. The summed E-state index contributed by atoms with van der Waals surface area (Å²) in [5.74, 6) is 0. The summed E-state index contributed by atoms with van der Waals surface area (Å²) >= 11 is 0. The number of aliphatic hydroxyl groups is 2. The lowest BCUT2D eigenvalue weighted by atomic mass is 10.1. The van der Waals surface area contributed by atoms with Crippen molar-refractivity contribution in [3.63, 3.8) is 0 Å². The minimum absolute atomic E-state index is 0.201. The highest BCUT2D eigenvalue weighted by Gasteiger charge is 2.16. The molecule has 0 aromatic rings. The van der Waals surface area contributed by atoms with Crippen LogP contribution >= 0.6 is 0 Å². The van der Waals surface area contributed by atoms with Crippen LogP contribution in [0, 0.1) is 0 Å². The van der Waals surface area contributed by atoms with Crippen LogP contribution in [0.3, 0.4) is 0 Å². The lowest BCUT2D eigenvalue weighted by Gasteiger charge is -2.18. The normalized spacial score (nSPS) is 18.0. The molecular weight excluding hydrogens is 106 g/mol. The van der Waals surface area contributed by atoms with Gasteiger partial charge in [0.25, 0.3) is 0 Å². The zero-order valence-corrected chi connectivity index (χ0v) is 5.31. The monoisotopic (exact) mass is 119 g/mol. The molecular formula is C5H13NO2. The van der Waals surface area contributed by atoms with Gasteiger partial charge in [-0.05, 0) is 14.0 Å². The Morgan fingerprint density at radius 3 is 2.25 bits per heavy atom. The van der Waals surface area contributed by atoms with E-state index >= 15 is 0 Å². The van der Waals surface area contributed by atoms with Crippen molar-refractivity contribution in [1.29, 1.82) is 0 Å². The number of hydrogen-bond acceptors (Lipinski definition) is 3. The Bertz CT molecular complexity index is 63.4. The lowest BCUT2D eigenvalue weighted by Crippen LogP contribution is -2.39. The van der Waals surface area contributed by atoms with Crippen LogP contribution in [-0.4, -0.2) is 36.0 Å². The molecule has 0 amide bonds. The van der Waals surface area contributed by atoms with Gasteiger partial charge in [0.15, 0.2) is 0 Å². The predicted octanol–water partition coefficient (Wildman–Crippen LogP) is -1.05. The molecule has 3 heteroatoms. The van der Waals surface area contributed by atoms with E-state index < -0.39 is 5.60 Å².